The Kier molecular flexibility index (Phi) is 4.36. The quantitative estimate of drug-likeness (QED) is 0.717. The van der Waals surface area contributed by atoms with Crippen LogP contribution in [0.3, 0.4) is 0 Å². The minimum atomic E-state index is -0.428. The minimum Gasteiger partial charge on any atom is -0.265 e. The van der Waals surface area contributed by atoms with E-state index in [9.17, 15) is 4.39 Å². The van der Waals surface area contributed by atoms with E-state index in [1.165, 1.54) is 6.07 Å². The van der Waals surface area contributed by atoms with Crippen LogP contribution >= 0.6 is 27.5 Å². The van der Waals surface area contributed by atoms with Crippen LogP contribution in [-0.4, -0.2) is 4.98 Å². The van der Waals surface area contributed by atoms with Gasteiger partial charge in [0, 0.05) is 28.3 Å². The van der Waals surface area contributed by atoms with Crippen molar-refractivity contribution in [1.82, 2.24) is 4.98 Å². The van der Waals surface area contributed by atoms with Crippen molar-refractivity contribution in [2.75, 3.05) is 0 Å². The molecule has 1 aromatic heterocycles. The Morgan fingerprint density at radius 3 is 2.50 bits per heavy atom. The molecule has 0 bridgehead atoms. The first-order valence-corrected chi connectivity index (χ1v) is 6.82. The molecule has 4 heteroatoms. The fourth-order valence-electron chi connectivity index (χ4n) is 1.86. The maximum Gasteiger partial charge on any atom is 0.129 e. The van der Waals surface area contributed by atoms with Crippen molar-refractivity contribution in [3.8, 4) is 0 Å². The highest BCUT2D eigenvalue weighted by atomic mass is 79.9. The van der Waals surface area contributed by atoms with Crippen LogP contribution in [0.5, 0.6) is 0 Å². The number of alkyl halides is 1. The van der Waals surface area contributed by atoms with Gasteiger partial charge >= 0.3 is 0 Å². The Bertz CT molecular complexity index is 512. The lowest BCUT2D eigenvalue weighted by Gasteiger charge is -2.20. The Morgan fingerprint density at radius 2 is 1.89 bits per heavy atom. The maximum absolute atomic E-state index is 13.9. The van der Waals surface area contributed by atoms with E-state index in [2.05, 4.69) is 20.9 Å². The Balaban J connectivity index is 2.34. The number of nitrogens with zero attached hydrogens (tertiary/aromatic N) is 1. The summed E-state index contributed by atoms with van der Waals surface area (Å²) in [4.78, 5) is 3.97. The zero-order chi connectivity index (χ0) is 13.1. The molecule has 1 heterocycles. The maximum atomic E-state index is 13.9. The fraction of sp³-hybridized carbons (Fsp3) is 0.214. The second-order valence-corrected chi connectivity index (χ2v) is 5.43. The molecule has 2 unspecified atom stereocenters. The van der Waals surface area contributed by atoms with Gasteiger partial charge in [-0.2, -0.15) is 0 Å². The van der Waals surface area contributed by atoms with E-state index >= 15 is 0 Å². The summed E-state index contributed by atoms with van der Waals surface area (Å²) in [5.74, 6) is -0.284. The Hall–Kier alpha value is -0.930. The molecule has 2 atom stereocenters. The number of halogens is 3. The molecule has 0 radical (unpaired) electrons. The molecule has 1 nitrogen and oxygen atoms in total. The summed E-state index contributed by atoms with van der Waals surface area (Å²) in [5.41, 5.74) is 1.55. The predicted octanol–water partition coefficient (Wildman–Crippen LogP) is 5.07. The summed E-state index contributed by atoms with van der Waals surface area (Å²) in [7, 11) is 0. The third-order valence-electron chi connectivity index (χ3n) is 2.95. The average Bonchev–Trinajstić information content (AvgIpc) is 2.38. The van der Waals surface area contributed by atoms with Crippen molar-refractivity contribution in [2.45, 2.75) is 18.2 Å². The molecule has 0 aliphatic carbocycles. The van der Waals surface area contributed by atoms with Crippen molar-refractivity contribution in [2.24, 2.45) is 0 Å². The molecule has 0 saturated heterocycles. The summed E-state index contributed by atoms with van der Waals surface area (Å²) in [6, 6.07) is 8.68. The normalized spacial score (nSPS) is 14.2. The van der Waals surface area contributed by atoms with Gasteiger partial charge in [-0.05, 0) is 29.8 Å². The van der Waals surface area contributed by atoms with Gasteiger partial charge in [-0.3, -0.25) is 4.98 Å². The van der Waals surface area contributed by atoms with Crippen LogP contribution in [0.1, 0.15) is 29.3 Å². The van der Waals surface area contributed by atoms with Crippen LogP contribution in [0.25, 0.3) is 0 Å². The van der Waals surface area contributed by atoms with Gasteiger partial charge in [0.25, 0.3) is 0 Å². The minimum absolute atomic E-state index is 0.00265. The summed E-state index contributed by atoms with van der Waals surface area (Å²) in [6.45, 7) is 1.98. The molecular formula is C14H12BrClFN. The van der Waals surface area contributed by atoms with Crippen molar-refractivity contribution in [1.29, 1.82) is 0 Å². The van der Waals surface area contributed by atoms with E-state index in [1.54, 1.807) is 24.5 Å². The fourth-order valence-corrected chi connectivity index (χ4v) is 2.95. The molecule has 2 rings (SSSR count). The molecule has 0 aliphatic heterocycles. The number of benzene rings is 1. The van der Waals surface area contributed by atoms with Crippen LogP contribution in [0.15, 0.2) is 47.2 Å². The van der Waals surface area contributed by atoms with Gasteiger partial charge in [0.15, 0.2) is 0 Å². The van der Waals surface area contributed by atoms with Crippen LogP contribution in [0.2, 0.25) is 0 Å². The molecule has 0 aliphatic rings. The monoisotopic (exact) mass is 327 g/mol. The summed E-state index contributed by atoms with van der Waals surface area (Å²) >= 11 is 9.76. The van der Waals surface area contributed by atoms with Crippen LogP contribution < -0.4 is 0 Å². The zero-order valence-electron chi connectivity index (χ0n) is 9.78. The van der Waals surface area contributed by atoms with Crippen molar-refractivity contribution >= 4 is 27.5 Å². The van der Waals surface area contributed by atoms with Gasteiger partial charge < -0.3 is 0 Å². The SMILES string of the molecule is CC(c1ccncc1)C(Cl)c1c(F)cccc1Br. The molecular weight excluding hydrogens is 317 g/mol. The molecule has 0 saturated carbocycles. The van der Waals surface area contributed by atoms with Gasteiger partial charge in [-0.1, -0.05) is 28.9 Å². The first-order valence-electron chi connectivity index (χ1n) is 5.59. The highest BCUT2D eigenvalue weighted by molar-refractivity contribution is 9.10. The number of hydrogen-bond donors (Lipinski definition) is 0. The molecule has 94 valence electrons. The van der Waals surface area contributed by atoms with E-state index < -0.39 is 5.38 Å². The lowest BCUT2D eigenvalue weighted by Crippen LogP contribution is -2.05. The van der Waals surface area contributed by atoms with E-state index in [-0.39, 0.29) is 11.7 Å². The molecule has 0 amide bonds. The second kappa shape index (κ2) is 5.81. The summed E-state index contributed by atoms with van der Waals surface area (Å²) in [6.07, 6.45) is 3.43. The van der Waals surface area contributed by atoms with Gasteiger partial charge in [0.05, 0.1) is 5.38 Å². The first kappa shape index (κ1) is 13.5. The van der Waals surface area contributed by atoms with E-state index in [1.807, 2.05) is 19.1 Å². The largest absolute Gasteiger partial charge is 0.265 e. The number of rotatable bonds is 3. The highest BCUT2D eigenvalue weighted by Crippen LogP contribution is 2.40. The molecule has 0 spiro atoms. The number of hydrogen-bond acceptors (Lipinski definition) is 1. The first-order chi connectivity index (χ1) is 8.61. The van der Waals surface area contributed by atoms with Crippen molar-refractivity contribution in [3.63, 3.8) is 0 Å². The van der Waals surface area contributed by atoms with Crippen LogP contribution in [0.4, 0.5) is 4.39 Å². The molecule has 1 aromatic carbocycles. The number of aromatic nitrogens is 1. The van der Waals surface area contributed by atoms with Gasteiger partial charge in [0.2, 0.25) is 0 Å². The Morgan fingerprint density at radius 1 is 1.22 bits per heavy atom. The molecule has 18 heavy (non-hydrogen) atoms. The van der Waals surface area contributed by atoms with Crippen molar-refractivity contribution in [3.05, 3.63) is 64.1 Å². The molecule has 0 fully saturated rings. The van der Waals surface area contributed by atoms with E-state index in [4.69, 9.17) is 11.6 Å². The highest BCUT2D eigenvalue weighted by Gasteiger charge is 2.23. The number of pyridine rings is 1. The van der Waals surface area contributed by atoms with Gasteiger partial charge in [0.1, 0.15) is 5.82 Å². The summed E-state index contributed by atoms with van der Waals surface area (Å²) < 4.78 is 14.5. The third kappa shape index (κ3) is 2.73. The Labute approximate surface area is 119 Å². The van der Waals surface area contributed by atoms with E-state index in [0.29, 0.717) is 10.0 Å². The topological polar surface area (TPSA) is 12.9 Å². The standard InChI is InChI=1S/C14H12BrClFN/c1-9(10-5-7-18-8-6-10)14(16)13-11(15)3-2-4-12(13)17/h2-9,14H,1H3. The average molecular weight is 329 g/mol. The van der Waals surface area contributed by atoms with Crippen molar-refractivity contribution < 1.29 is 4.39 Å². The smallest absolute Gasteiger partial charge is 0.129 e. The van der Waals surface area contributed by atoms with Crippen LogP contribution in [-0.2, 0) is 0 Å². The van der Waals surface area contributed by atoms with E-state index in [0.717, 1.165) is 5.56 Å². The lowest BCUT2D eigenvalue weighted by atomic mass is 9.93. The van der Waals surface area contributed by atoms with Gasteiger partial charge in [-0.25, -0.2) is 4.39 Å². The van der Waals surface area contributed by atoms with Crippen LogP contribution in [0, 0.1) is 5.82 Å². The lowest BCUT2D eigenvalue weighted by molar-refractivity contribution is 0.590. The predicted molar refractivity (Wildman–Crippen MR) is 75.3 cm³/mol. The molecule has 2 aromatic rings. The van der Waals surface area contributed by atoms with Gasteiger partial charge in [-0.15, -0.1) is 11.6 Å². The summed E-state index contributed by atoms with van der Waals surface area (Å²) in [5, 5.41) is -0.428. The zero-order valence-corrected chi connectivity index (χ0v) is 12.1. The molecule has 0 N–H and O–H groups in total. The third-order valence-corrected chi connectivity index (χ3v) is 4.23. The second-order valence-electron chi connectivity index (χ2n) is 4.11.